The Kier molecular flexibility index (Phi) is 8.49. The third-order valence-electron chi connectivity index (χ3n) is 7.53. The molecule has 0 saturated heterocycles. The van der Waals surface area contributed by atoms with E-state index in [2.05, 4.69) is 20.2 Å². The number of rotatable bonds is 11. The molecule has 2 aromatic carbocycles. The van der Waals surface area contributed by atoms with Gasteiger partial charge in [0.25, 0.3) is 0 Å². The van der Waals surface area contributed by atoms with E-state index in [4.69, 9.17) is 28.7 Å². The maximum absolute atomic E-state index is 5.72. The Balaban J connectivity index is 1.57. The van der Waals surface area contributed by atoms with Gasteiger partial charge in [0.2, 0.25) is 0 Å². The van der Waals surface area contributed by atoms with Crippen LogP contribution in [-0.2, 0) is 17.8 Å². The summed E-state index contributed by atoms with van der Waals surface area (Å²) in [5, 5.41) is 9.15. The van der Waals surface area contributed by atoms with Crippen molar-refractivity contribution in [2.45, 2.75) is 50.9 Å². The first-order chi connectivity index (χ1) is 19.6. The SMILES string of the molecule is COc1ccc(CN(Cc2ccc(OC)cc2OC)c2ncnc3c2nnn3C2CCCC(OC)C2)c(OC)c1. The van der Waals surface area contributed by atoms with Crippen molar-refractivity contribution in [3.63, 3.8) is 0 Å². The Morgan fingerprint density at radius 3 is 2.05 bits per heavy atom. The molecule has 1 aliphatic carbocycles. The van der Waals surface area contributed by atoms with Crippen LogP contribution in [0.15, 0.2) is 42.7 Å². The van der Waals surface area contributed by atoms with Crippen molar-refractivity contribution in [1.82, 2.24) is 25.0 Å². The summed E-state index contributed by atoms with van der Waals surface area (Å²) in [5.41, 5.74) is 3.28. The molecule has 0 aliphatic heterocycles. The molecule has 0 bridgehead atoms. The van der Waals surface area contributed by atoms with Gasteiger partial charge in [-0.3, -0.25) is 0 Å². The summed E-state index contributed by atoms with van der Waals surface area (Å²) in [6.45, 7) is 0.965. The molecule has 1 aliphatic rings. The van der Waals surface area contributed by atoms with E-state index in [-0.39, 0.29) is 12.1 Å². The number of aromatic nitrogens is 5. The first-order valence-electron chi connectivity index (χ1n) is 13.3. The van der Waals surface area contributed by atoms with Gasteiger partial charge < -0.3 is 28.6 Å². The van der Waals surface area contributed by atoms with Crippen molar-refractivity contribution in [2.24, 2.45) is 0 Å². The second-order valence-corrected chi connectivity index (χ2v) is 9.79. The fourth-order valence-corrected chi connectivity index (χ4v) is 5.37. The summed E-state index contributed by atoms with van der Waals surface area (Å²) in [6.07, 6.45) is 5.81. The number of methoxy groups -OCH3 is 5. The van der Waals surface area contributed by atoms with Crippen LogP contribution in [0.4, 0.5) is 5.82 Å². The van der Waals surface area contributed by atoms with E-state index in [0.717, 1.165) is 48.3 Å². The predicted molar refractivity (Wildman–Crippen MR) is 150 cm³/mol. The van der Waals surface area contributed by atoms with Crippen molar-refractivity contribution < 1.29 is 23.7 Å². The van der Waals surface area contributed by atoms with Gasteiger partial charge in [0, 0.05) is 43.5 Å². The predicted octanol–water partition coefficient (Wildman–Crippen LogP) is 4.59. The molecular formula is C29H36N6O5. The van der Waals surface area contributed by atoms with Crippen molar-refractivity contribution >= 4 is 17.0 Å². The normalized spacial score (nSPS) is 17.0. The highest BCUT2D eigenvalue weighted by molar-refractivity contribution is 5.82. The van der Waals surface area contributed by atoms with Crippen LogP contribution in [0.25, 0.3) is 11.2 Å². The van der Waals surface area contributed by atoms with Crippen LogP contribution in [0.1, 0.15) is 42.9 Å². The van der Waals surface area contributed by atoms with E-state index in [1.54, 1.807) is 41.9 Å². The minimum Gasteiger partial charge on any atom is -0.497 e. The Morgan fingerprint density at radius 2 is 1.48 bits per heavy atom. The zero-order valence-electron chi connectivity index (χ0n) is 23.7. The highest BCUT2D eigenvalue weighted by Gasteiger charge is 2.28. The van der Waals surface area contributed by atoms with E-state index in [9.17, 15) is 0 Å². The van der Waals surface area contributed by atoms with Crippen molar-refractivity contribution in [3.05, 3.63) is 53.9 Å². The second kappa shape index (κ2) is 12.4. The number of hydrogen-bond acceptors (Lipinski definition) is 10. The minimum atomic E-state index is 0.170. The lowest BCUT2D eigenvalue weighted by Crippen LogP contribution is -2.25. The van der Waals surface area contributed by atoms with E-state index >= 15 is 0 Å². The van der Waals surface area contributed by atoms with Gasteiger partial charge >= 0.3 is 0 Å². The Morgan fingerprint density at radius 1 is 0.825 bits per heavy atom. The summed E-state index contributed by atoms with van der Waals surface area (Å²) in [5.74, 6) is 3.54. The van der Waals surface area contributed by atoms with Crippen molar-refractivity contribution in [3.8, 4) is 23.0 Å². The summed E-state index contributed by atoms with van der Waals surface area (Å²) in [6, 6.07) is 11.8. The largest absolute Gasteiger partial charge is 0.497 e. The van der Waals surface area contributed by atoms with Gasteiger partial charge in [-0.25, -0.2) is 14.6 Å². The zero-order valence-corrected chi connectivity index (χ0v) is 23.7. The van der Waals surface area contributed by atoms with Gasteiger partial charge in [-0.05, 0) is 49.9 Å². The minimum absolute atomic E-state index is 0.170. The lowest BCUT2D eigenvalue weighted by atomic mass is 9.93. The van der Waals surface area contributed by atoms with Crippen LogP contribution in [0.3, 0.4) is 0 Å². The monoisotopic (exact) mass is 548 g/mol. The second-order valence-electron chi connectivity index (χ2n) is 9.79. The van der Waals surface area contributed by atoms with Crippen LogP contribution in [-0.4, -0.2) is 66.6 Å². The zero-order chi connectivity index (χ0) is 28.1. The van der Waals surface area contributed by atoms with Crippen molar-refractivity contribution in [1.29, 1.82) is 0 Å². The molecule has 0 radical (unpaired) electrons. The Hall–Kier alpha value is -4.12. The fraction of sp³-hybridized carbons (Fsp3) is 0.448. The van der Waals surface area contributed by atoms with Crippen LogP contribution in [0, 0.1) is 0 Å². The molecule has 1 fully saturated rings. The number of ether oxygens (including phenoxy) is 5. The molecule has 2 aromatic heterocycles. The average molecular weight is 549 g/mol. The molecular weight excluding hydrogens is 512 g/mol. The summed E-state index contributed by atoms with van der Waals surface area (Å²) in [4.78, 5) is 11.5. The molecule has 11 nitrogen and oxygen atoms in total. The van der Waals surface area contributed by atoms with Crippen LogP contribution >= 0.6 is 0 Å². The van der Waals surface area contributed by atoms with Gasteiger partial charge in [0.05, 0.1) is 40.6 Å². The smallest absolute Gasteiger partial charge is 0.184 e. The van der Waals surface area contributed by atoms with Crippen LogP contribution < -0.4 is 23.8 Å². The molecule has 0 N–H and O–H groups in total. The summed E-state index contributed by atoms with van der Waals surface area (Å²) < 4.78 is 29.8. The van der Waals surface area contributed by atoms with Gasteiger partial charge in [-0.2, -0.15) is 0 Å². The number of hydrogen-bond donors (Lipinski definition) is 0. The van der Waals surface area contributed by atoms with Gasteiger partial charge in [-0.1, -0.05) is 5.21 Å². The van der Waals surface area contributed by atoms with Gasteiger partial charge in [0.15, 0.2) is 17.0 Å². The molecule has 2 heterocycles. The number of nitrogens with zero attached hydrogens (tertiary/aromatic N) is 6. The average Bonchev–Trinajstić information content (AvgIpc) is 3.45. The summed E-state index contributed by atoms with van der Waals surface area (Å²) >= 11 is 0. The standard InChI is InChI=1S/C29H36N6O5/c1-36-22-8-6-7-21(13-22)35-29-27(32-33-35)28(30-18-31-29)34(16-19-9-11-23(37-2)14-25(19)39-4)17-20-10-12-24(38-3)15-26(20)40-5/h9-12,14-15,18,21-22H,6-8,13,16-17H2,1-5H3. The maximum atomic E-state index is 5.72. The molecule has 2 unspecified atom stereocenters. The van der Waals surface area contributed by atoms with Crippen LogP contribution in [0.2, 0.25) is 0 Å². The lowest BCUT2D eigenvalue weighted by Gasteiger charge is -2.28. The Bertz CT molecular complexity index is 1390. The molecule has 2 atom stereocenters. The number of anilines is 1. The quantitative estimate of drug-likeness (QED) is 0.264. The number of fused-ring (bicyclic) bond motifs is 1. The van der Waals surface area contributed by atoms with E-state index in [1.807, 2.05) is 41.1 Å². The molecule has 4 aromatic rings. The van der Waals surface area contributed by atoms with Crippen molar-refractivity contribution in [2.75, 3.05) is 40.4 Å². The lowest BCUT2D eigenvalue weighted by molar-refractivity contribution is 0.0512. The van der Waals surface area contributed by atoms with Gasteiger partial charge in [-0.15, -0.1) is 5.10 Å². The third-order valence-corrected chi connectivity index (χ3v) is 7.53. The summed E-state index contributed by atoms with van der Waals surface area (Å²) in [7, 11) is 8.35. The first-order valence-corrected chi connectivity index (χ1v) is 13.3. The molecule has 212 valence electrons. The topological polar surface area (TPSA) is 106 Å². The molecule has 0 spiro atoms. The molecule has 11 heteroatoms. The highest BCUT2D eigenvalue weighted by Crippen LogP contribution is 2.35. The van der Waals surface area contributed by atoms with Gasteiger partial charge in [0.1, 0.15) is 29.3 Å². The third kappa shape index (κ3) is 5.60. The van der Waals surface area contributed by atoms with E-state index < -0.39 is 0 Å². The fourth-order valence-electron chi connectivity index (χ4n) is 5.37. The molecule has 1 saturated carbocycles. The Labute approximate surface area is 234 Å². The maximum Gasteiger partial charge on any atom is 0.184 e. The molecule has 40 heavy (non-hydrogen) atoms. The van der Waals surface area contributed by atoms with E-state index in [0.29, 0.717) is 41.6 Å². The highest BCUT2D eigenvalue weighted by atomic mass is 16.5. The molecule has 0 amide bonds. The number of benzene rings is 2. The first kappa shape index (κ1) is 27.4. The van der Waals surface area contributed by atoms with E-state index in [1.165, 1.54) is 0 Å². The molecule has 5 rings (SSSR count). The van der Waals surface area contributed by atoms with Crippen LogP contribution in [0.5, 0.6) is 23.0 Å².